The molecule has 11 heteroatoms. The van der Waals surface area contributed by atoms with Crippen molar-refractivity contribution in [1.29, 1.82) is 0 Å². The van der Waals surface area contributed by atoms with E-state index in [1.165, 1.54) is 0 Å². The largest absolute Gasteiger partial charge is 0.416 e. The number of anilines is 1. The highest BCUT2D eigenvalue weighted by Gasteiger charge is 2.31. The maximum atomic E-state index is 14.3. The van der Waals surface area contributed by atoms with Crippen molar-refractivity contribution in [1.82, 2.24) is 14.9 Å². The lowest BCUT2D eigenvalue weighted by molar-refractivity contribution is -0.137. The standard InChI is InChI=1S/C26H31ClF4N6/c1-5-7-14-37(6-2)24-23(34-25(27)35-24)17(3)36(4)13-9-8-10-22-32-16-21(33-22)19-12-11-18(15-20(19)28)26(29,30)31/h6,11-12,15H,2-3,5,7-10,13-14,16H2,1,4H3,(H,34,35). The van der Waals surface area contributed by atoms with Crippen molar-refractivity contribution in [3.05, 3.63) is 65.5 Å². The first-order valence-corrected chi connectivity index (χ1v) is 12.5. The third-order valence-corrected chi connectivity index (χ3v) is 6.26. The van der Waals surface area contributed by atoms with Gasteiger partial charge in [0.15, 0.2) is 5.82 Å². The monoisotopic (exact) mass is 538 g/mol. The first-order valence-electron chi connectivity index (χ1n) is 12.1. The zero-order valence-corrected chi connectivity index (χ0v) is 21.8. The van der Waals surface area contributed by atoms with Crippen LogP contribution in [0.15, 0.2) is 47.5 Å². The maximum absolute atomic E-state index is 14.3. The molecule has 0 spiro atoms. The summed E-state index contributed by atoms with van der Waals surface area (Å²) in [5, 5.41) is 0.278. The van der Waals surface area contributed by atoms with Crippen LogP contribution in [0.2, 0.25) is 5.28 Å². The molecule has 1 aromatic carbocycles. The smallest absolute Gasteiger partial charge is 0.373 e. The van der Waals surface area contributed by atoms with Crippen molar-refractivity contribution >= 4 is 34.7 Å². The molecule has 1 N–H and O–H groups in total. The Hall–Kier alpha value is -3.14. The molecule has 0 unspecified atom stereocenters. The molecule has 0 saturated heterocycles. The SMILES string of the molecule is C=CN(CCCC)c1nc(Cl)[nH]c1C(=C)N(C)CCCCC1=NCC(c2ccc(C(F)(F)F)cc2F)=N1. The molecule has 0 aliphatic carbocycles. The maximum Gasteiger partial charge on any atom is 0.416 e. The van der Waals surface area contributed by atoms with Crippen LogP contribution in [0.4, 0.5) is 23.4 Å². The van der Waals surface area contributed by atoms with Crippen molar-refractivity contribution in [3.63, 3.8) is 0 Å². The Balaban J connectivity index is 1.53. The molecule has 200 valence electrons. The third-order valence-electron chi connectivity index (χ3n) is 6.08. The summed E-state index contributed by atoms with van der Waals surface area (Å²) in [4.78, 5) is 20.1. The molecule has 37 heavy (non-hydrogen) atoms. The third kappa shape index (κ3) is 7.21. The second-order valence-electron chi connectivity index (χ2n) is 8.76. The number of rotatable bonds is 13. The van der Waals surface area contributed by atoms with E-state index in [-0.39, 0.29) is 17.4 Å². The van der Waals surface area contributed by atoms with E-state index >= 15 is 0 Å². The number of aromatic amines is 1. The van der Waals surface area contributed by atoms with Gasteiger partial charge in [-0.1, -0.05) is 26.5 Å². The number of halogens is 5. The lowest BCUT2D eigenvalue weighted by Gasteiger charge is -2.24. The van der Waals surface area contributed by atoms with Gasteiger partial charge in [0, 0.05) is 32.1 Å². The van der Waals surface area contributed by atoms with Gasteiger partial charge in [-0.25, -0.2) is 9.38 Å². The fourth-order valence-corrected chi connectivity index (χ4v) is 4.09. The second kappa shape index (κ2) is 12.4. The van der Waals surface area contributed by atoms with Gasteiger partial charge in [0.05, 0.1) is 23.5 Å². The molecule has 0 fully saturated rings. The summed E-state index contributed by atoms with van der Waals surface area (Å²) in [5.74, 6) is 0.298. The van der Waals surface area contributed by atoms with Crippen LogP contribution in [0.1, 0.15) is 55.8 Å². The average molecular weight is 539 g/mol. The van der Waals surface area contributed by atoms with E-state index in [0.717, 1.165) is 55.8 Å². The van der Waals surface area contributed by atoms with Crippen LogP contribution >= 0.6 is 11.6 Å². The zero-order valence-electron chi connectivity index (χ0n) is 21.0. The molecule has 1 aliphatic rings. The fraction of sp³-hybridized carbons (Fsp3) is 0.423. The number of unbranched alkanes of at least 4 members (excludes halogenated alkanes) is 2. The van der Waals surface area contributed by atoms with Crippen LogP contribution in [0.3, 0.4) is 0 Å². The number of benzene rings is 1. The number of nitrogens with one attached hydrogen (secondary N) is 1. The molecule has 0 atom stereocenters. The number of hydrogen-bond donors (Lipinski definition) is 1. The molecule has 0 saturated carbocycles. The van der Waals surface area contributed by atoms with Gasteiger partial charge in [-0.15, -0.1) is 0 Å². The first kappa shape index (κ1) is 28.4. The number of aliphatic imine (C=N–C) groups is 2. The van der Waals surface area contributed by atoms with E-state index in [9.17, 15) is 17.6 Å². The van der Waals surface area contributed by atoms with Crippen LogP contribution in [-0.4, -0.2) is 53.1 Å². The van der Waals surface area contributed by atoms with Gasteiger partial charge in [-0.2, -0.15) is 18.2 Å². The van der Waals surface area contributed by atoms with Crippen molar-refractivity contribution in [2.24, 2.45) is 9.98 Å². The summed E-state index contributed by atoms with van der Waals surface area (Å²) in [6, 6.07) is 2.47. The Morgan fingerprint density at radius 3 is 2.62 bits per heavy atom. The second-order valence-corrected chi connectivity index (χ2v) is 9.12. The van der Waals surface area contributed by atoms with Gasteiger partial charge in [-0.3, -0.25) is 4.99 Å². The molecule has 1 aliphatic heterocycles. The molecule has 2 aromatic rings. The number of hydrogen-bond acceptors (Lipinski definition) is 5. The van der Waals surface area contributed by atoms with Crippen LogP contribution in [0.25, 0.3) is 5.70 Å². The predicted molar refractivity (Wildman–Crippen MR) is 142 cm³/mol. The summed E-state index contributed by atoms with van der Waals surface area (Å²) in [7, 11) is 1.93. The number of amidine groups is 1. The molecule has 2 heterocycles. The number of nitrogens with zero attached hydrogens (tertiary/aromatic N) is 5. The Kier molecular flexibility index (Phi) is 9.53. The number of aromatic nitrogens is 2. The van der Waals surface area contributed by atoms with Gasteiger partial charge < -0.3 is 14.8 Å². The minimum absolute atomic E-state index is 0.0457. The summed E-state index contributed by atoms with van der Waals surface area (Å²) in [6.45, 7) is 11.8. The Bertz CT molecular complexity index is 1180. The highest BCUT2D eigenvalue weighted by Crippen LogP contribution is 2.31. The van der Waals surface area contributed by atoms with Crippen LogP contribution in [0.5, 0.6) is 0 Å². The predicted octanol–water partition coefficient (Wildman–Crippen LogP) is 6.95. The van der Waals surface area contributed by atoms with Gasteiger partial charge in [0.25, 0.3) is 0 Å². The minimum atomic E-state index is -4.59. The van der Waals surface area contributed by atoms with E-state index in [1.54, 1.807) is 6.20 Å². The van der Waals surface area contributed by atoms with Gasteiger partial charge in [-0.05, 0) is 55.3 Å². The molecule has 0 amide bonds. The Morgan fingerprint density at radius 2 is 1.97 bits per heavy atom. The van der Waals surface area contributed by atoms with Crippen molar-refractivity contribution < 1.29 is 17.6 Å². The summed E-state index contributed by atoms with van der Waals surface area (Å²) in [5.41, 5.74) is 0.835. The van der Waals surface area contributed by atoms with Gasteiger partial charge >= 0.3 is 6.18 Å². The van der Waals surface area contributed by atoms with E-state index < -0.39 is 17.6 Å². The summed E-state index contributed by atoms with van der Waals surface area (Å²) in [6.07, 6.45) is 1.32. The topological polar surface area (TPSA) is 59.9 Å². The highest BCUT2D eigenvalue weighted by molar-refractivity contribution is 6.28. The van der Waals surface area contributed by atoms with E-state index in [2.05, 4.69) is 40.0 Å². The lowest BCUT2D eigenvalue weighted by atomic mass is 10.1. The number of H-pyrrole nitrogens is 1. The molecule has 6 nitrogen and oxygen atoms in total. The molecule has 1 aromatic heterocycles. The molecule has 3 rings (SSSR count). The molecule has 0 bridgehead atoms. The van der Waals surface area contributed by atoms with Crippen LogP contribution in [-0.2, 0) is 6.18 Å². The number of imidazole rings is 1. The van der Waals surface area contributed by atoms with Crippen LogP contribution in [0, 0.1) is 5.82 Å². The number of alkyl halides is 3. The molecular formula is C26H31ClF4N6. The quantitative estimate of drug-likeness (QED) is 0.222. The fourth-order valence-electron chi connectivity index (χ4n) is 3.91. The normalized spacial score (nSPS) is 13.4. The van der Waals surface area contributed by atoms with Crippen LogP contribution < -0.4 is 4.90 Å². The van der Waals surface area contributed by atoms with E-state index in [1.807, 2.05) is 16.8 Å². The highest BCUT2D eigenvalue weighted by atomic mass is 35.5. The van der Waals surface area contributed by atoms with Crippen molar-refractivity contribution in [2.75, 3.05) is 31.6 Å². The summed E-state index contributed by atoms with van der Waals surface area (Å²) < 4.78 is 52.6. The zero-order chi connectivity index (χ0) is 27.2. The first-order chi connectivity index (χ1) is 17.5. The average Bonchev–Trinajstić information content (AvgIpc) is 3.48. The van der Waals surface area contributed by atoms with E-state index in [4.69, 9.17) is 11.6 Å². The Labute approximate surface area is 219 Å². The van der Waals surface area contributed by atoms with E-state index in [0.29, 0.717) is 36.4 Å². The van der Waals surface area contributed by atoms with Gasteiger partial charge in [0.1, 0.15) is 17.3 Å². The lowest BCUT2D eigenvalue weighted by Crippen LogP contribution is -2.22. The minimum Gasteiger partial charge on any atom is -0.373 e. The summed E-state index contributed by atoms with van der Waals surface area (Å²) >= 11 is 6.16. The van der Waals surface area contributed by atoms with Gasteiger partial charge in [0.2, 0.25) is 5.28 Å². The molecule has 0 radical (unpaired) electrons. The van der Waals surface area contributed by atoms with Crippen molar-refractivity contribution in [2.45, 2.75) is 45.2 Å². The van der Waals surface area contributed by atoms with Crippen molar-refractivity contribution in [3.8, 4) is 0 Å². The molecular weight excluding hydrogens is 508 g/mol. The Morgan fingerprint density at radius 1 is 1.22 bits per heavy atom.